The first kappa shape index (κ1) is 33.0. The molecule has 2 heteroatoms. The minimum absolute atomic E-state index is 0.966. The Kier molecular flexibility index (Phi) is 7.93. The van der Waals surface area contributed by atoms with Gasteiger partial charge in [0, 0.05) is 33.5 Å². The Morgan fingerprint density at radius 3 is 1.56 bits per heavy atom. The van der Waals surface area contributed by atoms with Crippen LogP contribution in [-0.4, -0.2) is 4.57 Å². The number of fused-ring (bicyclic) bond motifs is 6. The van der Waals surface area contributed by atoms with Crippen molar-refractivity contribution in [3.63, 3.8) is 0 Å². The van der Waals surface area contributed by atoms with Crippen LogP contribution < -0.4 is 4.90 Å². The summed E-state index contributed by atoms with van der Waals surface area (Å²) in [5.41, 5.74) is 19.8. The van der Waals surface area contributed by atoms with Gasteiger partial charge in [0.1, 0.15) is 0 Å². The third-order valence-corrected chi connectivity index (χ3v) is 11.7. The van der Waals surface area contributed by atoms with E-state index in [0.29, 0.717) is 0 Å². The predicted molar refractivity (Wildman–Crippen MR) is 240 cm³/mol. The first-order chi connectivity index (χ1) is 28.3. The Balaban J connectivity index is 1.01. The average molecular weight is 727 g/mol. The van der Waals surface area contributed by atoms with Crippen molar-refractivity contribution in [2.45, 2.75) is 6.42 Å². The Morgan fingerprint density at radius 1 is 0.333 bits per heavy atom. The number of hydrogen-bond acceptors (Lipinski definition) is 1. The van der Waals surface area contributed by atoms with Gasteiger partial charge >= 0.3 is 0 Å². The van der Waals surface area contributed by atoms with Crippen LogP contribution in [0.2, 0.25) is 0 Å². The number of benzene rings is 9. The summed E-state index contributed by atoms with van der Waals surface area (Å²) in [5, 5.41) is 2.46. The minimum Gasteiger partial charge on any atom is -0.310 e. The van der Waals surface area contributed by atoms with Gasteiger partial charge in [-0.25, -0.2) is 0 Å². The fraction of sp³-hybridized carbons (Fsp3) is 0.0182. The van der Waals surface area contributed by atoms with Crippen LogP contribution in [0, 0.1) is 0 Å². The van der Waals surface area contributed by atoms with E-state index in [1.54, 1.807) is 0 Å². The van der Waals surface area contributed by atoms with E-state index in [1.807, 2.05) is 0 Å². The van der Waals surface area contributed by atoms with Crippen LogP contribution in [0.5, 0.6) is 0 Å². The highest BCUT2D eigenvalue weighted by molar-refractivity contribution is 6.10. The number of rotatable bonds is 7. The zero-order chi connectivity index (χ0) is 37.7. The van der Waals surface area contributed by atoms with Crippen molar-refractivity contribution in [1.29, 1.82) is 0 Å². The summed E-state index contributed by atoms with van der Waals surface area (Å²) in [6.45, 7) is 0. The van der Waals surface area contributed by atoms with Crippen molar-refractivity contribution in [3.8, 4) is 50.2 Å². The molecule has 2 nitrogen and oxygen atoms in total. The molecule has 0 aliphatic heterocycles. The van der Waals surface area contributed by atoms with Crippen molar-refractivity contribution in [2.24, 2.45) is 0 Å². The van der Waals surface area contributed by atoms with Crippen LogP contribution in [0.25, 0.3) is 72.0 Å². The molecule has 9 aromatic carbocycles. The second-order valence-electron chi connectivity index (χ2n) is 14.9. The van der Waals surface area contributed by atoms with Crippen LogP contribution in [0.3, 0.4) is 0 Å². The molecular weight excluding hydrogens is 689 g/mol. The van der Waals surface area contributed by atoms with Crippen molar-refractivity contribution < 1.29 is 0 Å². The lowest BCUT2D eigenvalue weighted by Crippen LogP contribution is -2.10. The van der Waals surface area contributed by atoms with Crippen molar-refractivity contribution in [3.05, 3.63) is 230 Å². The van der Waals surface area contributed by atoms with Crippen LogP contribution in [-0.2, 0) is 6.42 Å². The zero-order valence-corrected chi connectivity index (χ0v) is 31.4. The van der Waals surface area contributed by atoms with Gasteiger partial charge in [-0.1, -0.05) is 158 Å². The molecule has 0 unspecified atom stereocenters. The number of aromatic nitrogens is 1. The van der Waals surface area contributed by atoms with Crippen LogP contribution >= 0.6 is 0 Å². The smallest absolute Gasteiger partial charge is 0.0542 e. The molecule has 0 N–H and O–H groups in total. The van der Waals surface area contributed by atoms with Crippen molar-refractivity contribution in [2.75, 3.05) is 4.90 Å². The van der Waals surface area contributed by atoms with E-state index in [2.05, 4.69) is 228 Å². The maximum atomic E-state index is 2.39. The van der Waals surface area contributed by atoms with Gasteiger partial charge in [0.15, 0.2) is 0 Å². The molecule has 1 aliphatic carbocycles. The SMILES string of the molecule is c1ccc(-c2ccc(-c3ccc(N(c4ccc(-c5cccc6c5Cc5ccccc5-6)cc4)c4ccc5c(c4)c4ccccc4n5-c4ccccc4)cc3)cc2)cc1. The molecule has 0 saturated carbocycles. The summed E-state index contributed by atoms with van der Waals surface area (Å²) in [6.07, 6.45) is 0.966. The van der Waals surface area contributed by atoms with E-state index < -0.39 is 0 Å². The Morgan fingerprint density at radius 2 is 0.842 bits per heavy atom. The van der Waals surface area contributed by atoms with Crippen LogP contribution in [0.4, 0.5) is 17.1 Å². The second kappa shape index (κ2) is 13.7. The quantitative estimate of drug-likeness (QED) is 0.159. The fourth-order valence-electron chi connectivity index (χ4n) is 8.91. The Hall–Kier alpha value is -7.42. The van der Waals surface area contributed by atoms with Gasteiger partial charge in [-0.2, -0.15) is 0 Å². The summed E-state index contributed by atoms with van der Waals surface area (Å²) < 4.78 is 2.38. The van der Waals surface area contributed by atoms with E-state index in [9.17, 15) is 0 Å². The summed E-state index contributed by atoms with van der Waals surface area (Å²) in [5.74, 6) is 0. The average Bonchev–Trinajstić information content (AvgIpc) is 3.84. The lowest BCUT2D eigenvalue weighted by molar-refractivity contribution is 1.18. The van der Waals surface area contributed by atoms with E-state index in [-0.39, 0.29) is 0 Å². The molecule has 10 aromatic rings. The van der Waals surface area contributed by atoms with E-state index >= 15 is 0 Å². The molecule has 11 rings (SSSR count). The van der Waals surface area contributed by atoms with Gasteiger partial charge < -0.3 is 9.47 Å². The molecular formula is C55H38N2. The van der Waals surface area contributed by atoms with Crippen LogP contribution in [0.1, 0.15) is 11.1 Å². The minimum atomic E-state index is 0.966. The summed E-state index contributed by atoms with van der Waals surface area (Å²) >= 11 is 0. The Bertz CT molecular complexity index is 3050. The summed E-state index contributed by atoms with van der Waals surface area (Å²) in [4.78, 5) is 2.39. The van der Waals surface area contributed by atoms with Gasteiger partial charge in [-0.15, -0.1) is 0 Å². The fourth-order valence-corrected chi connectivity index (χ4v) is 8.91. The first-order valence-corrected chi connectivity index (χ1v) is 19.7. The molecule has 0 radical (unpaired) electrons. The molecule has 0 fully saturated rings. The maximum absolute atomic E-state index is 2.39. The van der Waals surface area contributed by atoms with Gasteiger partial charge in [-0.3, -0.25) is 0 Å². The Labute approximate surface area is 333 Å². The topological polar surface area (TPSA) is 8.17 Å². The highest BCUT2D eigenvalue weighted by Gasteiger charge is 2.22. The monoisotopic (exact) mass is 726 g/mol. The number of anilines is 3. The standard InChI is InChI=1S/C55H38N2/c1-3-12-38(13-4-1)39-22-24-40(25-23-39)41-26-30-45(31-27-41)56(46-32-28-42(29-33-46)48-19-11-20-50-49-17-8-7-14-43(49)36-52(48)50)47-34-35-55-53(37-47)51-18-9-10-21-54(51)57(55)44-15-5-2-6-16-44/h1-35,37H,36H2. The molecule has 1 aliphatic rings. The molecule has 1 heterocycles. The molecule has 268 valence electrons. The van der Waals surface area contributed by atoms with Gasteiger partial charge in [0.2, 0.25) is 0 Å². The van der Waals surface area contributed by atoms with Crippen molar-refractivity contribution >= 4 is 38.9 Å². The van der Waals surface area contributed by atoms with E-state index in [0.717, 1.165) is 29.2 Å². The number of nitrogens with zero attached hydrogens (tertiary/aromatic N) is 2. The molecule has 0 amide bonds. The molecule has 0 saturated heterocycles. The molecule has 0 atom stereocenters. The predicted octanol–water partition coefficient (Wildman–Crippen LogP) is 14.8. The molecule has 0 spiro atoms. The third-order valence-electron chi connectivity index (χ3n) is 11.7. The summed E-state index contributed by atoms with van der Waals surface area (Å²) in [7, 11) is 0. The lowest BCUT2D eigenvalue weighted by atomic mass is 9.95. The molecule has 57 heavy (non-hydrogen) atoms. The molecule has 1 aromatic heterocycles. The third kappa shape index (κ3) is 5.73. The van der Waals surface area contributed by atoms with Gasteiger partial charge in [0.25, 0.3) is 0 Å². The molecule has 0 bridgehead atoms. The van der Waals surface area contributed by atoms with Crippen LogP contribution in [0.15, 0.2) is 218 Å². The highest BCUT2D eigenvalue weighted by Crippen LogP contribution is 2.44. The second-order valence-corrected chi connectivity index (χ2v) is 14.9. The maximum Gasteiger partial charge on any atom is 0.0542 e. The summed E-state index contributed by atoms with van der Waals surface area (Å²) in [6, 6.07) is 79.5. The van der Waals surface area contributed by atoms with E-state index in [1.165, 1.54) is 77.4 Å². The van der Waals surface area contributed by atoms with Gasteiger partial charge in [-0.05, 0) is 123 Å². The highest BCUT2D eigenvalue weighted by atomic mass is 15.1. The van der Waals surface area contributed by atoms with E-state index in [4.69, 9.17) is 0 Å². The van der Waals surface area contributed by atoms with Crippen molar-refractivity contribution in [1.82, 2.24) is 4.57 Å². The zero-order valence-electron chi connectivity index (χ0n) is 31.4. The largest absolute Gasteiger partial charge is 0.310 e. The lowest BCUT2D eigenvalue weighted by Gasteiger charge is -2.26. The normalized spacial score (nSPS) is 11.8. The van der Waals surface area contributed by atoms with Gasteiger partial charge in [0.05, 0.1) is 11.0 Å². The number of hydrogen-bond donors (Lipinski definition) is 0. The number of para-hydroxylation sites is 2. The first-order valence-electron chi connectivity index (χ1n) is 19.7.